The Balaban J connectivity index is 2.21. The van der Waals surface area contributed by atoms with E-state index in [1.807, 2.05) is 12.1 Å². The van der Waals surface area contributed by atoms with Crippen LogP contribution in [-0.4, -0.2) is 6.54 Å². The van der Waals surface area contributed by atoms with E-state index in [2.05, 4.69) is 35.1 Å². The normalized spacial score (nSPS) is 12.6. The quantitative estimate of drug-likeness (QED) is 0.755. The van der Waals surface area contributed by atoms with Gasteiger partial charge in [-0.05, 0) is 55.3 Å². The van der Waals surface area contributed by atoms with Gasteiger partial charge in [0.15, 0.2) is 0 Å². The summed E-state index contributed by atoms with van der Waals surface area (Å²) >= 11 is 3.49. The first-order chi connectivity index (χ1) is 10.1. The largest absolute Gasteiger partial charge is 0.464 e. The standard InChI is InChI=1S/C17H21BrFNO/c1-3-9-20-16(17-8-6-14(4-2)21-17)11-12-10-13(19)5-7-15(12)18/h5-8,10,16,20H,3-4,9,11H2,1-2H3. The van der Waals surface area contributed by atoms with Crippen molar-refractivity contribution < 1.29 is 8.81 Å². The molecule has 1 atom stereocenters. The molecule has 0 bridgehead atoms. The van der Waals surface area contributed by atoms with Crippen LogP contribution in [0.25, 0.3) is 0 Å². The highest BCUT2D eigenvalue weighted by atomic mass is 79.9. The number of furan rings is 1. The Labute approximate surface area is 133 Å². The molecular weight excluding hydrogens is 333 g/mol. The lowest BCUT2D eigenvalue weighted by Crippen LogP contribution is -2.24. The topological polar surface area (TPSA) is 25.2 Å². The van der Waals surface area contributed by atoms with Gasteiger partial charge in [-0.3, -0.25) is 0 Å². The lowest BCUT2D eigenvalue weighted by atomic mass is 10.0. The fourth-order valence-electron chi connectivity index (χ4n) is 2.28. The van der Waals surface area contributed by atoms with E-state index in [1.54, 1.807) is 12.1 Å². The summed E-state index contributed by atoms with van der Waals surface area (Å²) in [4.78, 5) is 0. The molecule has 0 aliphatic carbocycles. The summed E-state index contributed by atoms with van der Waals surface area (Å²) in [6, 6.07) is 8.87. The first-order valence-corrected chi connectivity index (χ1v) is 8.19. The van der Waals surface area contributed by atoms with Gasteiger partial charge in [0.1, 0.15) is 17.3 Å². The molecule has 1 aromatic carbocycles. The number of hydrogen-bond donors (Lipinski definition) is 1. The summed E-state index contributed by atoms with van der Waals surface area (Å²) in [7, 11) is 0. The molecule has 0 saturated carbocycles. The first kappa shape index (κ1) is 16.2. The molecule has 114 valence electrons. The van der Waals surface area contributed by atoms with Crippen molar-refractivity contribution in [1.29, 1.82) is 0 Å². The third-order valence-electron chi connectivity index (χ3n) is 3.45. The Bertz CT molecular complexity index is 582. The van der Waals surface area contributed by atoms with Gasteiger partial charge in [-0.15, -0.1) is 0 Å². The fourth-order valence-corrected chi connectivity index (χ4v) is 2.69. The molecule has 2 aromatic rings. The van der Waals surface area contributed by atoms with E-state index in [0.717, 1.165) is 40.9 Å². The second-order valence-electron chi connectivity index (χ2n) is 5.10. The Morgan fingerprint density at radius 3 is 2.71 bits per heavy atom. The second-order valence-corrected chi connectivity index (χ2v) is 5.96. The molecule has 0 aliphatic heterocycles. The summed E-state index contributed by atoms with van der Waals surface area (Å²) in [6.45, 7) is 5.10. The number of rotatable bonds is 7. The Morgan fingerprint density at radius 1 is 1.24 bits per heavy atom. The number of hydrogen-bond acceptors (Lipinski definition) is 2. The van der Waals surface area contributed by atoms with Crippen molar-refractivity contribution in [2.24, 2.45) is 0 Å². The Kier molecular flexibility index (Phi) is 6.00. The zero-order chi connectivity index (χ0) is 15.2. The lowest BCUT2D eigenvalue weighted by molar-refractivity contribution is 0.391. The third-order valence-corrected chi connectivity index (χ3v) is 4.22. The number of benzene rings is 1. The SMILES string of the molecule is CCCNC(Cc1cc(F)ccc1Br)c1ccc(CC)o1. The molecular formula is C17H21BrFNO. The van der Waals surface area contributed by atoms with Gasteiger partial charge < -0.3 is 9.73 Å². The average Bonchev–Trinajstić information content (AvgIpc) is 2.95. The first-order valence-electron chi connectivity index (χ1n) is 7.40. The number of halogens is 2. The van der Waals surface area contributed by atoms with Gasteiger partial charge in [0.2, 0.25) is 0 Å². The molecule has 4 heteroatoms. The van der Waals surface area contributed by atoms with Crippen molar-refractivity contribution in [3.05, 3.63) is 57.7 Å². The molecule has 0 amide bonds. The predicted molar refractivity (Wildman–Crippen MR) is 86.9 cm³/mol. The summed E-state index contributed by atoms with van der Waals surface area (Å²) in [5.74, 6) is 1.68. The Hall–Kier alpha value is -1.13. The maximum atomic E-state index is 13.4. The van der Waals surface area contributed by atoms with Crippen molar-refractivity contribution in [3.63, 3.8) is 0 Å². The van der Waals surface area contributed by atoms with Crippen LogP contribution >= 0.6 is 15.9 Å². The number of nitrogens with one attached hydrogen (secondary N) is 1. The second kappa shape index (κ2) is 7.76. The van der Waals surface area contributed by atoms with Crippen LogP contribution in [0.5, 0.6) is 0 Å². The molecule has 0 radical (unpaired) electrons. The van der Waals surface area contributed by atoms with Crippen LogP contribution < -0.4 is 5.32 Å². The minimum absolute atomic E-state index is 0.0587. The Morgan fingerprint density at radius 2 is 2.05 bits per heavy atom. The zero-order valence-electron chi connectivity index (χ0n) is 12.5. The molecule has 2 nitrogen and oxygen atoms in total. The maximum Gasteiger partial charge on any atom is 0.123 e. The lowest BCUT2D eigenvalue weighted by Gasteiger charge is -2.17. The van der Waals surface area contributed by atoms with E-state index in [4.69, 9.17) is 4.42 Å². The average molecular weight is 354 g/mol. The highest BCUT2D eigenvalue weighted by molar-refractivity contribution is 9.10. The van der Waals surface area contributed by atoms with Crippen molar-refractivity contribution in [2.75, 3.05) is 6.54 Å². The molecule has 2 rings (SSSR count). The molecule has 1 heterocycles. The van der Waals surface area contributed by atoms with Gasteiger partial charge in [0.25, 0.3) is 0 Å². The van der Waals surface area contributed by atoms with Gasteiger partial charge in [-0.1, -0.05) is 29.8 Å². The molecule has 1 unspecified atom stereocenters. The van der Waals surface area contributed by atoms with Crippen LogP contribution in [0, 0.1) is 5.82 Å². The van der Waals surface area contributed by atoms with Gasteiger partial charge in [-0.25, -0.2) is 4.39 Å². The maximum absolute atomic E-state index is 13.4. The monoisotopic (exact) mass is 353 g/mol. The molecule has 0 saturated heterocycles. The van der Waals surface area contributed by atoms with E-state index in [9.17, 15) is 4.39 Å². The molecule has 0 fully saturated rings. The summed E-state index contributed by atoms with van der Waals surface area (Å²) in [5, 5.41) is 3.48. The van der Waals surface area contributed by atoms with Gasteiger partial charge in [0, 0.05) is 10.9 Å². The highest BCUT2D eigenvalue weighted by Gasteiger charge is 2.17. The van der Waals surface area contributed by atoms with Crippen LogP contribution in [0.3, 0.4) is 0 Å². The minimum Gasteiger partial charge on any atom is -0.464 e. The third kappa shape index (κ3) is 4.42. The van der Waals surface area contributed by atoms with Crippen LogP contribution in [0.1, 0.15) is 43.4 Å². The molecule has 1 aromatic heterocycles. The number of aryl methyl sites for hydroxylation is 1. The zero-order valence-corrected chi connectivity index (χ0v) is 14.0. The van der Waals surface area contributed by atoms with E-state index < -0.39 is 0 Å². The summed E-state index contributed by atoms with van der Waals surface area (Å²) < 4.78 is 20.2. The van der Waals surface area contributed by atoms with E-state index in [1.165, 1.54) is 6.07 Å². The van der Waals surface area contributed by atoms with E-state index >= 15 is 0 Å². The summed E-state index contributed by atoms with van der Waals surface area (Å²) in [5.41, 5.74) is 0.943. The van der Waals surface area contributed by atoms with Crippen LogP contribution in [-0.2, 0) is 12.8 Å². The smallest absolute Gasteiger partial charge is 0.123 e. The van der Waals surface area contributed by atoms with Crippen molar-refractivity contribution in [2.45, 2.75) is 39.2 Å². The van der Waals surface area contributed by atoms with Crippen molar-refractivity contribution in [1.82, 2.24) is 5.32 Å². The van der Waals surface area contributed by atoms with Gasteiger partial charge in [0.05, 0.1) is 6.04 Å². The van der Waals surface area contributed by atoms with Crippen LogP contribution in [0.4, 0.5) is 4.39 Å². The minimum atomic E-state index is -0.212. The van der Waals surface area contributed by atoms with Crippen LogP contribution in [0.15, 0.2) is 39.2 Å². The van der Waals surface area contributed by atoms with Gasteiger partial charge >= 0.3 is 0 Å². The molecule has 0 aliphatic rings. The van der Waals surface area contributed by atoms with Crippen LogP contribution in [0.2, 0.25) is 0 Å². The van der Waals surface area contributed by atoms with Gasteiger partial charge in [-0.2, -0.15) is 0 Å². The molecule has 0 spiro atoms. The fraction of sp³-hybridized carbons (Fsp3) is 0.412. The van der Waals surface area contributed by atoms with E-state index in [-0.39, 0.29) is 11.9 Å². The molecule has 21 heavy (non-hydrogen) atoms. The van der Waals surface area contributed by atoms with Crippen molar-refractivity contribution >= 4 is 15.9 Å². The van der Waals surface area contributed by atoms with Crippen molar-refractivity contribution in [3.8, 4) is 0 Å². The predicted octanol–water partition coefficient (Wildman–Crippen LogP) is 5.03. The highest BCUT2D eigenvalue weighted by Crippen LogP contribution is 2.26. The van der Waals surface area contributed by atoms with E-state index in [0.29, 0.717) is 6.42 Å². The summed E-state index contributed by atoms with van der Waals surface area (Å²) in [6.07, 6.45) is 2.61. The molecule has 1 N–H and O–H groups in total.